The summed E-state index contributed by atoms with van der Waals surface area (Å²) < 4.78 is 6.79. The monoisotopic (exact) mass is 513 g/mol. The summed E-state index contributed by atoms with van der Waals surface area (Å²) in [5, 5.41) is 14.1. The molecule has 0 aliphatic heterocycles. The maximum atomic E-state index is 11.9. The van der Waals surface area contributed by atoms with Crippen LogP contribution >= 0.6 is 0 Å². The minimum Gasteiger partial charge on any atom is -0.624 e. The van der Waals surface area contributed by atoms with Crippen molar-refractivity contribution < 1.29 is 9.48 Å². The third-order valence-corrected chi connectivity index (χ3v) is 7.49. The molecule has 0 saturated carbocycles. The van der Waals surface area contributed by atoms with Crippen molar-refractivity contribution in [1.82, 2.24) is 0 Å². The van der Waals surface area contributed by atoms with Crippen molar-refractivity contribution in [3.8, 4) is 16.9 Å². The molecule has 5 aromatic carbocycles. The van der Waals surface area contributed by atoms with Crippen LogP contribution in [0.4, 0.5) is 5.69 Å². The van der Waals surface area contributed by atoms with E-state index in [2.05, 4.69) is 97.1 Å². The van der Waals surface area contributed by atoms with Crippen LogP contribution in [0.2, 0.25) is 0 Å². The highest BCUT2D eigenvalue weighted by atomic mass is 16.5. The normalized spacial score (nSPS) is 14.6. The van der Waals surface area contributed by atoms with Crippen LogP contribution in [0.15, 0.2) is 109 Å². The molecule has 194 valence electrons. The van der Waals surface area contributed by atoms with Crippen molar-refractivity contribution in [3.63, 3.8) is 0 Å². The molecular formula is C34H31N3O2. The standard InChI is InChI=1S/C34H31N3O2/c1-23(35)22-37(38)16-17-39-29-14-12-24-19-31-30-15-13-28(36)21-33(30)34(26-8-4-2-5-9-26,27-10-6-3-7-11-27)32(31)20-25(24)18-29/h2-15,18-23H,16-17,35-36H2,1H3/b37-22+. The molecule has 0 aromatic heterocycles. The van der Waals surface area contributed by atoms with E-state index < -0.39 is 5.41 Å². The molecule has 5 nitrogen and oxygen atoms in total. The second-order valence-corrected chi connectivity index (χ2v) is 10.2. The maximum Gasteiger partial charge on any atom is 0.186 e. The summed E-state index contributed by atoms with van der Waals surface area (Å²) >= 11 is 0. The highest BCUT2D eigenvalue weighted by Gasteiger charge is 2.46. The number of nitrogens with two attached hydrogens (primary N) is 2. The number of hydrogen-bond donors (Lipinski definition) is 2. The molecule has 5 heteroatoms. The van der Waals surface area contributed by atoms with Gasteiger partial charge in [-0.25, -0.2) is 4.74 Å². The molecule has 6 rings (SSSR count). The highest BCUT2D eigenvalue weighted by molar-refractivity contribution is 5.96. The summed E-state index contributed by atoms with van der Waals surface area (Å²) in [5.41, 5.74) is 19.5. The summed E-state index contributed by atoms with van der Waals surface area (Å²) in [4.78, 5) is 0. The number of rotatable bonds is 7. The second kappa shape index (κ2) is 9.93. The number of nitrogen functional groups attached to an aromatic ring is 1. The van der Waals surface area contributed by atoms with Gasteiger partial charge in [0.2, 0.25) is 0 Å². The van der Waals surface area contributed by atoms with Crippen LogP contribution in [0.5, 0.6) is 5.75 Å². The van der Waals surface area contributed by atoms with Gasteiger partial charge in [0.1, 0.15) is 12.4 Å². The third-order valence-electron chi connectivity index (χ3n) is 7.49. The third kappa shape index (κ3) is 4.31. The Morgan fingerprint density at radius 2 is 1.46 bits per heavy atom. The minimum atomic E-state index is -0.522. The van der Waals surface area contributed by atoms with Gasteiger partial charge in [-0.05, 0) is 87.5 Å². The molecule has 0 spiro atoms. The lowest BCUT2D eigenvalue weighted by Crippen LogP contribution is -2.28. The Kier molecular flexibility index (Phi) is 6.29. The SMILES string of the molecule is CC(N)/C=[N+](/[O-])CCOc1ccc2cc3c(cc2c1)C(c1ccccc1)(c1ccccc1)c1cc(N)ccc1-3. The van der Waals surface area contributed by atoms with Crippen LogP contribution in [-0.4, -0.2) is 30.1 Å². The van der Waals surface area contributed by atoms with Gasteiger partial charge in [0.25, 0.3) is 0 Å². The van der Waals surface area contributed by atoms with E-state index in [1.807, 2.05) is 12.1 Å². The van der Waals surface area contributed by atoms with Gasteiger partial charge in [0.05, 0.1) is 11.5 Å². The van der Waals surface area contributed by atoms with Crippen molar-refractivity contribution >= 4 is 22.7 Å². The van der Waals surface area contributed by atoms with Crippen LogP contribution < -0.4 is 16.2 Å². The fourth-order valence-electron chi connectivity index (χ4n) is 5.91. The Morgan fingerprint density at radius 3 is 2.13 bits per heavy atom. The molecule has 39 heavy (non-hydrogen) atoms. The first-order valence-corrected chi connectivity index (χ1v) is 13.2. The zero-order valence-corrected chi connectivity index (χ0v) is 21.9. The predicted octanol–water partition coefficient (Wildman–Crippen LogP) is 6.09. The lowest BCUT2D eigenvalue weighted by molar-refractivity contribution is -0.456. The van der Waals surface area contributed by atoms with E-state index in [9.17, 15) is 5.21 Å². The van der Waals surface area contributed by atoms with Crippen LogP contribution in [0.1, 0.15) is 29.2 Å². The Hall–Kier alpha value is -4.61. The van der Waals surface area contributed by atoms with Gasteiger partial charge in [-0.2, -0.15) is 0 Å². The minimum absolute atomic E-state index is 0.214. The lowest BCUT2D eigenvalue weighted by atomic mass is 9.67. The van der Waals surface area contributed by atoms with Gasteiger partial charge in [-0.15, -0.1) is 0 Å². The van der Waals surface area contributed by atoms with E-state index >= 15 is 0 Å². The van der Waals surface area contributed by atoms with E-state index in [1.165, 1.54) is 39.6 Å². The van der Waals surface area contributed by atoms with Gasteiger partial charge in [0, 0.05) is 5.69 Å². The number of nitrogens with zero attached hydrogens (tertiary/aromatic N) is 1. The second-order valence-electron chi connectivity index (χ2n) is 10.2. The molecule has 0 fully saturated rings. The average Bonchev–Trinajstić information content (AvgIpc) is 3.21. The topological polar surface area (TPSA) is 87.3 Å². The number of benzene rings is 5. The van der Waals surface area contributed by atoms with Gasteiger partial charge in [0.15, 0.2) is 12.8 Å². The van der Waals surface area contributed by atoms with Crippen molar-refractivity contribution in [2.45, 2.75) is 18.4 Å². The van der Waals surface area contributed by atoms with Gasteiger partial charge >= 0.3 is 0 Å². The number of fused-ring (bicyclic) bond motifs is 4. The van der Waals surface area contributed by atoms with Crippen molar-refractivity contribution in [1.29, 1.82) is 0 Å². The summed E-state index contributed by atoms with van der Waals surface area (Å²) in [5.74, 6) is 0.724. The van der Waals surface area contributed by atoms with Crippen LogP contribution in [-0.2, 0) is 5.41 Å². The van der Waals surface area contributed by atoms with Crippen molar-refractivity contribution in [3.05, 3.63) is 137 Å². The van der Waals surface area contributed by atoms with Gasteiger partial charge < -0.3 is 21.4 Å². The Labute approximate surface area is 228 Å². The van der Waals surface area contributed by atoms with Crippen LogP contribution in [0.3, 0.4) is 0 Å². The van der Waals surface area contributed by atoms with Crippen LogP contribution in [0.25, 0.3) is 21.9 Å². The first-order valence-electron chi connectivity index (χ1n) is 13.2. The fourth-order valence-corrected chi connectivity index (χ4v) is 5.91. The first-order chi connectivity index (χ1) is 19.0. The first kappa shape index (κ1) is 24.7. The largest absolute Gasteiger partial charge is 0.624 e. The van der Waals surface area contributed by atoms with Crippen molar-refractivity contribution in [2.75, 3.05) is 18.9 Å². The molecule has 0 bridgehead atoms. The molecule has 4 N–H and O–H groups in total. The van der Waals surface area contributed by atoms with E-state index in [-0.39, 0.29) is 19.2 Å². The Balaban J connectivity index is 1.53. The van der Waals surface area contributed by atoms with E-state index in [0.29, 0.717) is 0 Å². The quantitative estimate of drug-likeness (QED) is 0.0889. The average molecular weight is 514 g/mol. The Bertz CT molecular complexity index is 1640. The zero-order chi connectivity index (χ0) is 27.0. The molecule has 5 aromatic rings. The number of anilines is 1. The van der Waals surface area contributed by atoms with Gasteiger partial charge in [-0.3, -0.25) is 0 Å². The smallest absolute Gasteiger partial charge is 0.186 e. The van der Waals surface area contributed by atoms with E-state index in [4.69, 9.17) is 16.2 Å². The highest BCUT2D eigenvalue weighted by Crippen LogP contribution is 2.57. The van der Waals surface area contributed by atoms with E-state index in [1.54, 1.807) is 6.92 Å². The molecule has 0 saturated heterocycles. The molecule has 0 radical (unpaired) electrons. The molecule has 1 unspecified atom stereocenters. The number of hydrogen-bond acceptors (Lipinski definition) is 4. The Morgan fingerprint density at radius 1 is 0.795 bits per heavy atom. The molecular weight excluding hydrogens is 482 g/mol. The fraction of sp³-hybridized carbons (Fsp3) is 0.147. The molecule has 1 aliphatic rings. The summed E-state index contributed by atoms with van der Waals surface area (Å²) in [6.07, 6.45) is 1.45. The summed E-state index contributed by atoms with van der Waals surface area (Å²) in [7, 11) is 0. The zero-order valence-electron chi connectivity index (χ0n) is 21.9. The number of ether oxygens (including phenoxy) is 1. The van der Waals surface area contributed by atoms with Gasteiger partial charge in [-0.1, -0.05) is 72.8 Å². The molecule has 0 amide bonds. The maximum absolute atomic E-state index is 11.9. The number of hydroxylamine groups is 1. The van der Waals surface area contributed by atoms with Crippen molar-refractivity contribution in [2.24, 2.45) is 5.73 Å². The molecule has 1 aliphatic carbocycles. The van der Waals surface area contributed by atoms with E-state index in [0.717, 1.165) is 26.9 Å². The molecule has 1 atom stereocenters. The lowest BCUT2D eigenvalue weighted by Gasteiger charge is -2.34. The summed E-state index contributed by atoms with van der Waals surface area (Å²) in [6.45, 7) is 2.25. The molecule has 0 heterocycles. The predicted molar refractivity (Wildman–Crippen MR) is 159 cm³/mol. The summed E-state index contributed by atoms with van der Waals surface area (Å²) in [6, 6.07) is 37.9. The van der Waals surface area contributed by atoms with Crippen LogP contribution in [0, 0.1) is 5.21 Å².